The lowest BCUT2D eigenvalue weighted by atomic mass is 9.91. The summed E-state index contributed by atoms with van der Waals surface area (Å²) in [7, 11) is 0. The number of rotatable bonds is 6. The molecule has 5 heteroatoms. The molecule has 2 amide bonds. The van der Waals surface area contributed by atoms with Crippen LogP contribution in [-0.2, 0) is 27.5 Å². The van der Waals surface area contributed by atoms with Crippen molar-refractivity contribution >= 4 is 11.8 Å². The number of nitrogens with zero attached hydrogens (tertiary/aromatic N) is 1. The minimum absolute atomic E-state index is 0.0326. The molecule has 0 radical (unpaired) electrons. The molecule has 1 unspecified atom stereocenters. The number of likely N-dealkylation sites (tertiary alicyclic amines) is 1. The van der Waals surface area contributed by atoms with Crippen LogP contribution in [0.15, 0.2) is 24.3 Å². The van der Waals surface area contributed by atoms with Crippen molar-refractivity contribution in [2.45, 2.75) is 66.7 Å². The fourth-order valence-corrected chi connectivity index (χ4v) is 3.28. The molecule has 27 heavy (non-hydrogen) atoms. The molecule has 1 aliphatic heterocycles. The number of amides is 2. The average molecular weight is 375 g/mol. The normalized spacial score (nSPS) is 17.9. The van der Waals surface area contributed by atoms with Gasteiger partial charge in [0, 0.05) is 25.0 Å². The Morgan fingerprint density at radius 1 is 1.26 bits per heavy atom. The van der Waals surface area contributed by atoms with Crippen LogP contribution in [0.1, 0.15) is 58.6 Å². The zero-order valence-electron chi connectivity index (χ0n) is 17.4. The van der Waals surface area contributed by atoms with Gasteiger partial charge in [-0.25, -0.2) is 0 Å². The third-order valence-corrected chi connectivity index (χ3v) is 4.76. The lowest BCUT2D eigenvalue weighted by Crippen LogP contribution is -2.48. The number of piperidine rings is 1. The quantitative estimate of drug-likeness (QED) is 0.829. The Morgan fingerprint density at radius 3 is 2.63 bits per heavy atom. The molecule has 1 saturated heterocycles. The first-order valence-electron chi connectivity index (χ1n) is 9.93. The van der Waals surface area contributed by atoms with E-state index < -0.39 is 5.41 Å². The van der Waals surface area contributed by atoms with Gasteiger partial charge in [0.25, 0.3) is 0 Å². The van der Waals surface area contributed by atoms with E-state index in [2.05, 4.69) is 11.4 Å². The Labute approximate surface area is 163 Å². The summed E-state index contributed by atoms with van der Waals surface area (Å²) in [6.07, 6.45) is 1.91. The summed E-state index contributed by atoms with van der Waals surface area (Å²) in [6.45, 7) is 12.1. The molecule has 0 aromatic heterocycles. The molecule has 2 rings (SSSR count). The van der Waals surface area contributed by atoms with E-state index in [-0.39, 0.29) is 23.8 Å². The molecule has 1 N–H and O–H groups in total. The highest BCUT2D eigenvalue weighted by Crippen LogP contribution is 2.23. The van der Waals surface area contributed by atoms with Crippen molar-refractivity contribution < 1.29 is 14.3 Å². The molecule has 0 spiro atoms. The molecule has 5 nitrogen and oxygen atoms in total. The van der Waals surface area contributed by atoms with E-state index in [4.69, 9.17) is 4.74 Å². The van der Waals surface area contributed by atoms with Gasteiger partial charge in [-0.1, -0.05) is 45.0 Å². The van der Waals surface area contributed by atoms with Crippen LogP contribution in [-0.4, -0.2) is 35.9 Å². The lowest BCUT2D eigenvalue weighted by molar-refractivity contribution is -0.142. The molecule has 0 bridgehead atoms. The number of carbonyl (C=O) groups is 2. The average Bonchev–Trinajstić information content (AvgIpc) is 2.63. The monoisotopic (exact) mass is 374 g/mol. The Morgan fingerprint density at radius 2 is 1.96 bits per heavy atom. The van der Waals surface area contributed by atoms with Crippen molar-refractivity contribution in [2.75, 3.05) is 13.1 Å². The maximum atomic E-state index is 12.6. The van der Waals surface area contributed by atoms with Crippen molar-refractivity contribution in [3.63, 3.8) is 0 Å². The molecule has 1 atom stereocenters. The van der Waals surface area contributed by atoms with E-state index in [1.165, 1.54) is 0 Å². The van der Waals surface area contributed by atoms with Crippen LogP contribution in [0.5, 0.6) is 0 Å². The van der Waals surface area contributed by atoms with Crippen molar-refractivity contribution in [1.82, 2.24) is 10.2 Å². The highest BCUT2D eigenvalue weighted by molar-refractivity contribution is 5.83. The first kappa shape index (κ1) is 21.4. The first-order valence-corrected chi connectivity index (χ1v) is 9.93. The second-order valence-electron chi connectivity index (χ2n) is 8.74. The molecular formula is C22H34N2O3. The second kappa shape index (κ2) is 9.36. The van der Waals surface area contributed by atoms with Crippen molar-refractivity contribution in [3.05, 3.63) is 35.4 Å². The first-order chi connectivity index (χ1) is 12.7. The molecular weight excluding hydrogens is 340 g/mol. The number of hydrogen-bond donors (Lipinski definition) is 1. The van der Waals surface area contributed by atoms with Gasteiger partial charge in [-0.05, 0) is 37.8 Å². The molecule has 1 aromatic carbocycles. The number of nitrogens with one attached hydrogen (secondary N) is 1. The number of hydrogen-bond acceptors (Lipinski definition) is 3. The predicted molar refractivity (Wildman–Crippen MR) is 107 cm³/mol. The summed E-state index contributed by atoms with van der Waals surface area (Å²) in [5.41, 5.74) is 1.76. The highest BCUT2D eigenvalue weighted by Gasteiger charge is 2.33. The minimum atomic E-state index is -0.406. The third-order valence-electron chi connectivity index (χ3n) is 4.76. The summed E-state index contributed by atoms with van der Waals surface area (Å²) in [4.78, 5) is 27.0. The SMILES string of the molecule is CC(C)OCc1cccc(CNC(=O)C2CCCN(C(=O)C(C)(C)C)C2)c1. The van der Waals surface area contributed by atoms with Crippen LogP contribution < -0.4 is 5.32 Å². The second-order valence-corrected chi connectivity index (χ2v) is 8.74. The van der Waals surface area contributed by atoms with E-state index in [1.54, 1.807) is 0 Å². The van der Waals surface area contributed by atoms with Crippen LogP contribution in [0, 0.1) is 11.3 Å². The number of carbonyl (C=O) groups excluding carboxylic acids is 2. The molecule has 0 aliphatic carbocycles. The zero-order chi connectivity index (χ0) is 20.0. The van der Waals surface area contributed by atoms with Crippen molar-refractivity contribution in [1.29, 1.82) is 0 Å². The van der Waals surface area contributed by atoms with Crippen LogP contribution >= 0.6 is 0 Å². The molecule has 1 fully saturated rings. The zero-order valence-corrected chi connectivity index (χ0v) is 17.4. The van der Waals surface area contributed by atoms with Gasteiger partial charge in [0.05, 0.1) is 18.6 Å². The van der Waals surface area contributed by atoms with Gasteiger partial charge in [-0.2, -0.15) is 0 Å². The standard InChI is InChI=1S/C22H34N2O3/c1-16(2)27-15-18-9-6-8-17(12-18)13-23-20(25)19-10-7-11-24(14-19)21(26)22(3,4)5/h6,8-9,12,16,19H,7,10-11,13-15H2,1-5H3,(H,23,25). The smallest absolute Gasteiger partial charge is 0.227 e. The Kier molecular flexibility index (Phi) is 7.42. The van der Waals surface area contributed by atoms with E-state index in [9.17, 15) is 9.59 Å². The van der Waals surface area contributed by atoms with Gasteiger partial charge in [-0.3, -0.25) is 9.59 Å². The maximum Gasteiger partial charge on any atom is 0.227 e. The molecule has 1 aromatic rings. The predicted octanol–water partition coefficient (Wildman–Crippen LogP) is 3.51. The topological polar surface area (TPSA) is 58.6 Å². The van der Waals surface area contributed by atoms with Crippen LogP contribution in [0.2, 0.25) is 0 Å². The van der Waals surface area contributed by atoms with Crippen LogP contribution in [0.25, 0.3) is 0 Å². The van der Waals surface area contributed by atoms with Gasteiger partial charge in [-0.15, -0.1) is 0 Å². The lowest BCUT2D eigenvalue weighted by Gasteiger charge is -2.35. The van der Waals surface area contributed by atoms with Gasteiger partial charge < -0.3 is 15.0 Å². The van der Waals surface area contributed by atoms with Gasteiger partial charge in [0.2, 0.25) is 11.8 Å². The Bertz CT molecular complexity index is 649. The largest absolute Gasteiger partial charge is 0.374 e. The minimum Gasteiger partial charge on any atom is -0.374 e. The molecule has 1 aliphatic rings. The molecule has 150 valence electrons. The fraction of sp³-hybridized carbons (Fsp3) is 0.636. The third kappa shape index (κ3) is 6.65. The van der Waals surface area contributed by atoms with Crippen LogP contribution in [0.3, 0.4) is 0 Å². The van der Waals surface area contributed by atoms with Gasteiger partial charge in [0.15, 0.2) is 0 Å². The fourth-order valence-electron chi connectivity index (χ4n) is 3.28. The maximum absolute atomic E-state index is 12.6. The molecule has 0 saturated carbocycles. The van der Waals surface area contributed by atoms with E-state index in [1.807, 2.05) is 57.7 Å². The van der Waals surface area contributed by atoms with Crippen LogP contribution in [0.4, 0.5) is 0 Å². The number of ether oxygens (including phenoxy) is 1. The summed E-state index contributed by atoms with van der Waals surface area (Å²) in [6, 6.07) is 8.10. The van der Waals surface area contributed by atoms with Gasteiger partial charge >= 0.3 is 0 Å². The van der Waals surface area contributed by atoms with Crippen molar-refractivity contribution in [2.24, 2.45) is 11.3 Å². The van der Waals surface area contributed by atoms with E-state index in [0.717, 1.165) is 30.5 Å². The summed E-state index contributed by atoms with van der Waals surface area (Å²) < 4.78 is 5.64. The molecule has 1 heterocycles. The Balaban J connectivity index is 1.88. The Hall–Kier alpha value is -1.88. The van der Waals surface area contributed by atoms with Crippen molar-refractivity contribution in [3.8, 4) is 0 Å². The summed E-state index contributed by atoms with van der Waals surface area (Å²) in [5, 5.41) is 3.04. The summed E-state index contributed by atoms with van der Waals surface area (Å²) >= 11 is 0. The number of benzene rings is 1. The summed E-state index contributed by atoms with van der Waals surface area (Å²) in [5.74, 6) is 0.0283. The van der Waals surface area contributed by atoms with E-state index >= 15 is 0 Å². The van der Waals surface area contributed by atoms with Gasteiger partial charge in [0.1, 0.15) is 0 Å². The van der Waals surface area contributed by atoms with E-state index in [0.29, 0.717) is 19.7 Å². The highest BCUT2D eigenvalue weighted by atomic mass is 16.5.